The van der Waals surface area contributed by atoms with Crippen LogP contribution in [-0.4, -0.2) is 24.2 Å². The van der Waals surface area contributed by atoms with E-state index in [0.29, 0.717) is 28.2 Å². The molecule has 3 heterocycles. The summed E-state index contributed by atoms with van der Waals surface area (Å²) in [7, 11) is 1.74. The molecule has 0 atom stereocenters. The Bertz CT molecular complexity index is 1290. The van der Waals surface area contributed by atoms with Gasteiger partial charge in [-0.3, -0.25) is 14.2 Å². The zero-order valence-corrected chi connectivity index (χ0v) is 16.4. The van der Waals surface area contributed by atoms with Gasteiger partial charge < -0.3 is 9.80 Å². The molecule has 0 unspecified atom stereocenters. The smallest absolute Gasteiger partial charge is 0.272 e. The molecular weight excluding hydrogens is 372 g/mol. The number of amides is 1. The molecule has 0 radical (unpaired) electrons. The van der Waals surface area contributed by atoms with E-state index in [9.17, 15) is 9.59 Å². The number of benzene rings is 2. The average Bonchev–Trinajstić information content (AvgIpc) is 3.16. The summed E-state index contributed by atoms with van der Waals surface area (Å²) < 4.78 is 2.12. The van der Waals surface area contributed by atoms with Crippen molar-refractivity contribution in [3.63, 3.8) is 0 Å². The molecule has 6 nitrogen and oxygen atoms in total. The summed E-state index contributed by atoms with van der Waals surface area (Å²) in [4.78, 5) is 34.9. The molecule has 0 spiro atoms. The minimum Gasteiger partial charge on any atom is -0.334 e. The van der Waals surface area contributed by atoms with Crippen LogP contribution in [0, 0.1) is 6.92 Å². The van der Waals surface area contributed by atoms with Gasteiger partial charge in [0.05, 0.1) is 11.3 Å². The Morgan fingerprint density at radius 1 is 1.04 bits per heavy atom. The van der Waals surface area contributed by atoms with Gasteiger partial charge in [-0.15, -0.1) is 0 Å². The number of thiazole rings is 1. The Morgan fingerprint density at radius 2 is 1.79 bits per heavy atom. The Kier molecular flexibility index (Phi) is 3.73. The molecule has 2 aromatic carbocycles. The Balaban J connectivity index is 1.66. The maximum atomic E-state index is 13.2. The quantitative estimate of drug-likeness (QED) is 0.632. The van der Waals surface area contributed by atoms with E-state index in [1.54, 1.807) is 16.5 Å². The Hall–Kier alpha value is -3.19. The number of carbonyl (C=O) groups excluding carboxylic acids is 1. The second kappa shape index (κ2) is 6.17. The van der Waals surface area contributed by atoms with Gasteiger partial charge in [0, 0.05) is 18.3 Å². The first-order valence-corrected chi connectivity index (χ1v) is 9.84. The van der Waals surface area contributed by atoms with Crippen LogP contribution < -0.4 is 24.7 Å². The van der Waals surface area contributed by atoms with Crippen LogP contribution in [0.1, 0.15) is 11.1 Å². The molecule has 5 rings (SSSR count). The summed E-state index contributed by atoms with van der Waals surface area (Å²) in [5.74, 6) is -0.145. The van der Waals surface area contributed by atoms with Gasteiger partial charge in [0.1, 0.15) is 17.9 Å². The standard InChI is InChI=1S/C21H18N4O2S/c1-13-7-9-14(10-8-13)24-11-22-21-25(12-24)20(27)18(28-21)17-15-5-3-4-6-16(15)23(2)19(17)26/h3-10H,11-12H2,1-2H3/b18-17+. The van der Waals surface area contributed by atoms with Crippen molar-refractivity contribution in [1.82, 2.24) is 4.57 Å². The molecule has 7 heteroatoms. The van der Waals surface area contributed by atoms with E-state index in [1.165, 1.54) is 16.9 Å². The third-order valence-corrected chi connectivity index (χ3v) is 6.35. The van der Waals surface area contributed by atoms with E-state index >= 15 is 0 Å². The van der Waals surface area contributed by atoms with Gasteiger partial charge in [-0.25, -0.2) is 4.99 Å². The second-order valence-corrected chi connectivity index (χ2v) is 8.00. The van der Waals surface area contributed by atoms with Crippen LogP contribution in [0.3, 0.4) is 0 Å². The van der Waals surface area contributed by atoms with Gasteiger partial charge >= 0.3 is 0 Å². The summed E-state index contributed by atoms with van der Waals surface area (Å²) in [6, 6.07) is 15.7. The molecule has 2 aliphatic heterocycles. The van der Waals surface area contributed by atoms with Crippen molar-refractivity contribution in [2.24, 2.45) is 4.99 Å². The zero-order valence-electron chi connectivity index (χ0n) is 15.5. The summed E-state index contributed by atoms with van der Waals surface area (Å²) in [5, 5.41) is 0. The fourth-order valence-corrected chi connectivity index (χ4v) is 4.72. The normalized spacial score (nSPS) is 17.4. The van der Waals surface area contributed by atoms with E-state index < -0.39 is 0 Å². The van der Waals surface area contributed by atoms with Crippen LogP contribution in [-0.2, 0) is 11.5 Å². The molecule has 28 heavy (non-hydrogen) atoms. The number of carbonyl (C=O) groups is 1. The molecule has 0 bridgehead atoms. The molecule has 0 saturated heterocycles. The van der Waals surface area contributed by atoms with E-state index in [4.69, 9.17) is 0 Å². The van der Waals surface area contributed by atoms with Crippen LogP contribution >= 0.6 is 11.3 Å². The van der Waals surface area contributed by atoms with Crippen LogP contribution in [0.15, 0.2) is 58.3 Å². The van der Waals surface area contributed by atoms with Crippen molar-refractivity contribution in [2.75, 3.05) is 23.5 Å². The highest BCUT2D eigenvalue weighted by molar-refractivity contribution is 7.07. The lowest BCUT2D eigenvalue weighted by Gasteiger charge is -2.25. The lowest BCUT2D eigenvalue weighted by molar-refractivity contribution is -0.112. The number of nitrogens with zero attached hydrogens (tertiary/aromatic N) is 4. The topological polar surface area (TPSA) is 57.9 Å². The fraction of sp³-hybridized carbons (Fsp3) is 0.190. The predicted molar refractivity (Wildman–Crippen MR) is 110 cm³/mol. The number of aryl methyl sites for hydroxylation is 1. The summed E-state index contributed by atoms with van der Waals surface area (Å²) >= 11 is 1.30. The molecule has 1 aromatic heterocycles. The van der Waals surface area contributed by atoms with Crippen LogP contribution in [0.5, 0.6) is 0 Å². The number of fused-ring (bicyclic) bond motifs is 2. The first kappa shape index (κ1) is 16.9. The van der Waals surface area contributed by atoms with Crippen molar-refractivity contribution in [3.8, 4) is 0 Å². The number of anilines is 2. The maximum Gasteiger partial charge on any atom is 0.272 e. The number of likely N-dealkylation sites (N-methyl/N-ethyl adjacent to an activating group) is 1. The third kappa shape index (κ3) is 2.43. The molecule has 0 N–H and O–H groups in total. The van der Waals surface area contributed by atoms with Crippen molar-refractivity contribution < 1.29 is 4.79 Å². The highest BCUT2D eigenvalue weighted by atomic mass is 32.1. The zero-order chi connectivity index (χ0) is 19.4. The van der Waals surface area contributed by atoms with Crippen LogP contribution in [0.4, 0.5) is 11.4 Å². The summed E-state index contributed by atoms with van der Waals surface area (Å²) in [6.45, 7) is 2.96. The fourth-order valence-electron chi connectivity index (χ4n) is 3.67. The average molecular weight is 390 g/mol. The molecule has 3 aromatic rings. The van der Waals surface area contributed by atoms with Crippen molar-refractivity contribution in [3.05, 3.63) is 79.3 Å². The largest absolute Gasteiger partial charge is 0.334 e. The minimum atomic E-state index is -0.158. The van der Waals surface area contributed by atoms with E-state index in [-0.39, 0.29) is 11.5 Å². The SMILES string of the molecule is Cc1ccc(N2CN=c3s/c(=C4/C(=O)N(C)c5ccccc54)c(=O)n3C2)cc1. The Labute approximate surface area is 165 Å². The van der Waals surface area contributed by atoms with Crippen LogP contribution in [0.25, 0.3) is 5.57 Å². The summed E-state index contributed by atoms with van der Waals surface area (Å²) in [5.41, 5.74) is 4.17. The van der Waals surface area contributed by atoms with Gasteiger partial charge in [0.2, 0.25) is 0 Å². The lowest BCUT2D eigenvalue weighted by atomic mass is 10.1. The van der Waals surface area contributed by atoms with Gasteiger partial charge in [-0.1, -0.05) is 47.2 Å². The second-order valence-electron chi connectivity index (χ2n) is 7.02. The van der Waals surface area contributed by atoms with Crippen molar-refractivity contribution in [1.29, 1.82) is 0 Å². The van der Waals surface area contributed by atoms with Crippen LogP contribution in [0.2, 0.25) is 0 Å². The Morgan fingerprint density at radius 3 is 2.57 bits per heavy atom. The number of rotatable bonds is 1. The molecular formula is C21H18N4O2S. The molecule has 0 saturated carbocycles. The van der Waals surface area contributed by atoms with Crippen molar-refractivity contribution >= 4 is 34.2 Å². The highest BCUT2D eigenvalue weighted by Crippen LogP contribution is 2.33. The van der Waals surface area contributed by atoms with Gasteiger partial charge in [-0.2, -0.15) is 0 Å². The van der Waals surface area contributed by atoms with E-state index in [1.807, 2.05) is 60.4 Å². The number of aromatic nitrogens is 1. The maximum absolute atomic E-state index is 13.2. The monoisotopic (exact) mass is 390 g/mol. The number of para-hydroxylation sites is 1. The van der Waals surface area contributed by atoms with Gasteiger partial charge in [0.25, 0.3) is 11.5 Å². The van der Waals surface area contributed by atoms with E-state index in [0.717, 1.165) is 16.9 Å². The summed E-state index contributed by atoms with van der Waals surface area (Å²) in [6.07, 6.45) is 0. The number of hydrogen-bond donors (Lipinski definition) is 0. The van der Waals surface area contributed by atoms with Gasteiger partial charge in [-0.05, 0) is 25.1 Å². The molecule has 140 valence electrons. The molecule has 1 amide bonds. The highest BCUT2D eigenvalue weighted by Gasteiger charge is 2.32. The minimum absolute atomic E-state index is 0.145. The molecule has 0 fully saturated rings. The predicted octanol–water partition coefficient (Wildman–Crippen LogP) is 1.45. The first-order valence-electron chi connectivity index (χ1n) is 9.02. The van der Waals surface area contributed by atoms with Crippen molar-refractivity contribution in [2.45, 2.75) is 13.6 Å². The van der Waals surface area contributed by atoms with Gasteiger partial charge in [0.15, 0.2) is 4.80 Å². The molecule has 0 aliphatic carbocycles. The lowest BCUT2D eigenvalue weighted by Crippen LogP contribution is -2.43. The molecule has 2 aliphatic rings. The first-order chi connectivity index (χ1) is 13.5. The number of hydrogen-bond acceptors (Lipinski definition) is 5. The third-order valence-electron chi connectivity index (χ3n) is 5.23. The van der Waals surface area contributed by atoms with E-state index in [2.05, 4.69) is 4.99 Å².